The van der Waals surface area contributed by atoms with Crippen molar-refractivity contribution in [3.05, 3.63) is 12.7 Å². The molecule has 0 aliphatic carbocycles. The first-order valence-corrected chi connectivity index (χ1v) is 3.79. The lowest BCUT2D eigenvalue weighted by molar-refractivity contribution is 0.0523. The van der Waals surface area contributed by atoms with E-state index in [1.54, 1.807) is 6.08 Å². The second-order valence-electron chi connectivity index (χ2n) is 2.05. The van der Waals surface area contributed by atoms with Gasteiger partial charge in [0.2, 0.25) is 0 Å². The molecule has 0 saturated carbocycles. The van der Waals surface area contributed by atoms with Gasteiger partial charge in [-0.1, -0.05) is 6.08 Å². The molecule has 11 heavy (non-hydrogen) atoms. The van der Waals surface area contributed by atoms with E-state index in [-0.39, 0.29) is 6.61 Å². The van der Waals surface area contributed by atoms with Gasteiger partial charge in [-0.3, -0.25) is 0 Å². The van der Waals surface area contributed by atoms with Crippen molar-refractivity contribution in [1.82, 2.24) is 0 Å². The van der Waals surface area contributed by atoms with Gasteiger partial charge in [0.1, 0.15) is 0 Å². The Morgan fingerprint density at radius 1 is 1.18 bits per heavy atom. The summed E-state index contributed by atoms with van der Waals surface area (Å²) < 4.78 is 10.2. The van der Waals surface area contributed by atoms with Gasteiger partial charge in [-0.25, -0.2) is 0 Å². The summed E-state index contributed by atoms with van der Waals surface area (Å²) in [7, 11) is 0. The number of rotatable bonds is 8. The zero-order valence-electron chi connectivity index (χ0n) is 6.79. The Hall–Kier alpha value is -0.380. The topological polar surface area (TPSA) is 38.7 Å². The summed E-state index contributed by atoms with van der Waals surface area (Å²) in [5.74, 6) is 0. The lowest BCUT2D eigenvalue weighted by Gasteiger charge is -2.02. The Kier molecular flexibility index (Phi) is 9.29. The molecule has 0 unspecified atom stereocenters. The Bertz CT molecular complexity index is 83.4. The van der Waals surface area contributed by atoms with Gasteiger partial charge in [0, 0.05) is 13.2 Å². The number of ether oxygens (including phenoxy) is 2. The van der Waals surface area contributed by atoms with Crippen molar-refractivity contribution < 1.29 is 14.6 Å². The second-order valence-corrected chi connectivity index (χ2v) is 2.05. The van der Waals surface area contributed by atoms with E-state index in [1.165, 1.54) is 0 Å². The van der Waals surface area contributed by atoms with E-state index in [0.717, 1.165) is 0 Å². The molecule has 0 aliphatic rings. The minimum absolute atomic E-state index is 0.188. The quantitative estimate of drug-likeness (QED) is 0.417. The lowest BCUT2D eigenvalue weighted by Crippen LogP contribution is -2.05. The smallest absolute Gasteiger partial charge is 0.0704 e. The molecule has 0 aliphatic heterocycles. The molecular formula is C8H16O3. The fourth-order valence-electron chi connectivity index (χ4n) is 0.553. The van der Waals surface area contributed by atoms with E-state index >= 15 is 0 Å². The van der Waals surface area contributed by atoms with E-state index in [0.29, 0.717) is 32.8 Å². The zero-order chi connectivity index (χ0) is 8.36. The van der Waals surface area contributed by atoms with Crippen LogP contribution in [-0.4, -0.2) is 38.1 Å². The molecule has 0 bridgehead atoms. The molecule has 0 atom stereocenters. The van der Waals surface area contributed by atoms with Crippen LogP contribution in [0.5, 0.6) is 0 Å². The minimum Gasteiger partial charge on any atom is -0.396 e. The van der Waals surface area contributed by atoms with E-state index in [4.69, 9.17) is 14.6 Å². The van der Waals surface area contributed by atoms with Crippen LogP contribution in [0.25, 0.3) is 0 Å². The fourth-order valence-corrected chi connectivity index (χ4v) is 0.553. The van der Waals surface area contributed by atoms with Gasteiger partial charge in [-0.15, -0.1) is 6.58 Å². The summed E-state index contributed by atoms with van der Waals surface area (Å²) in [6.07, 6.45) is 2.40. The number of hydrogen-bond acceptors (Lipinski definition) is 3. The molecule has 0 rings (SSSR count). The molecule has 0 aromatic heterocycles. The molecule has 1 N–H and O–H groups in total. The average molecular weight is 160 g/mol. The van der Waals surface area contributed by atoms with Gasteiger partial charge in [-0.2, -0.15) is 0 Å². The average Bonchev–Trinajstić information content (AvgIpc) is 2.03. The number of aliphatic hydroxyl groups excluding tert-OH is 1. The molecule has 66 valence electrons. The molecule has 0 saturated heterocycles. The van der Waals surface area contributed by atoms with Crippen LogP contribution in [0.2, 0.25) is 0 Å². The van der Waals surface area contributed by atoms with Crippen LogP contribution >= 0.6 is 0 Å². The van der Waals surface area contributed by atoms with E-state index in [1.807, 2.05) is 0 Å². The van der Waals surface area contributed by atoms with Gasteiger partial charge >= 0.3 is 0 Å². The van der Waals surface area contributed by atoms with Crippen molar-refractivity contribution in [2.45, 2.75) is 6.42 Å². The maximum Gasteiger partial charge on any atom is 0.0704 e. The van der Waals surface area contributed by atoms with Crippen molar-refractivity contribution in [2.24, 2.45) is 0 Å². The fraction of sp³-hybridized carbons (Fsp3) is 0.750. The van der Waals surface area contributed by atoms with Crippen LogP contribution in [-0.2, 0) is 9.47 Å². The van der Waals surface area contributed by atoms with Gasteiger partial charge in [0.25, 0.3) is 0 Å². The first-order valence-electron chi connectivity index (χ1n) is 3.79. The van der Waals surface area contributed by atoms with Gasteiger partial charge < -0.3 is 14.6 Å². The van der Waals surface area contributed by atoms with Crippen LogP contribution < -0.4 is 0 Å². The van der Waals surface area contributed by atoms with E-state index in [2.05, 4.69) is 6.58 Å². The lowest BCUT2D eigenvalue weighted by atomic mass is 10.5. The van der Waals surface area contributed by atoms with Crippen molar-refractivity contribution >= 4 is 0 Å². The zero-order valence-corrected chi connectivity index (χ0v) is 6.79. The summed E-state index contributed by atoms with van der Waals surface area (Å²) in [5.41, 5.74) is 0. The summed E-state index contributed by atoms with van der Waals surface area (Å²) in [5, 5.41) is 8.38. The maximum absolute atomic E-state index is 8.38. The molecule has 0 amide bonds. The van der Waals surface area contributed by atoms with Crippen molar-refractivity contribution in [3.63, 3.8) is 0 Å². The highest BCUT2D eigenvalue weighted by Crippen LogP contribution is 1.82. The Morgan fingerprint density at radius 2 is 1.91 bits per heavy atom. The highest BCUT2D eigenvalue weighted by Gasteiger charge is 1.87. The van der Waals surface area contributed by atoms with Crippen LogP contribution in [0.15, 0.2) is 12.7 Å². The molecule has 0 aromatic carbocycles. The van der Waals surface area contributed by atoms with Crippen LogP contribution in [0.4, 0.5) is 0 Å². The Balaban J connectivity index is 2.74. The van der Waals surface area contributed by atoms with E-state index in [9.17, 15) is 0 Å². The molecule has 3 nitrogen and oxygen atoms in total. The Morgan fingerprint density at radius 3 is 2.55 bits per heavy atom. The monoisotopic (exact) mass is 160 g/mol. The third-order valence-corrected chi connectivity index (χ3v) is 1.05. The van der Waals surface area contributed by atoms with Crippen molar-refractivity contribution in [2.75, 3.05) is 33.0 Å². The molecule has 0 aromatic rings. The summed E-state index contributed by atoms with van der Waals surface area (Å²) in [6.45, 7) is 6.06. The van der Waals surface area contributed by atoms with Gasteiger partial charge in [0.05, 0.1) is 19.8 Å². The minimum atomic E-state index is 0.188. The molecule has 3 heteroatoms. The Labute approximate surface area is 67.6 Å². The third kappa shape index (κ3) is 9.62. The van der Waals surface area contributed by atoms with Crippen molar-refractivity contribution in [1.29, 1.82) is 0 Å². The van der Waals surface area contributed by atoms with Crippen molar-refractivity contribution in [3.8, 4) is 0 Å². The largest absolute Gasteiger partial charge is 0.396 e. The standard InChI is InChI=1S/C8H16O3/c1-2-5-10-7-8-11-6-3-4-9/h2,9H,1,3-8H2. The third-order valence-electron chi connectivity index (χ3n) is 1.05. The summed E-state index contributed by atoms with van der Waals surface area (Å²) in [6, 6.07) is 0. The van der Waals surface area contributed by atoms with Crippen LogP contribution in [0.3, 0.4) is 0 Å². The second kappa shape index (κ2) is 9.62. The summed E-state index contributed by atoms with van der Waals surface area (Å²) >= 11 is 0. The van der Waals surface area contributed by atoms with Crippen LogP contribution in [0.1, 0.15) is 6.42 Å². The number of hydrogen-bond donors (Lipinski definition) is 1. The predicted octanol–water partition coefficient (Wildman–Crippen LogP) is 0.588. The number of aliphatic hydroxyl groups is 1. The highest BCUT2D eigenvalue weighted by molar-refractivity contribution is 4.63. The van der Waals surface area contributed by atoms with E-state index < -0.39 is 0 Å². The SMILES string of the molecule is C=CCOCCOCCCO. The normalized spacial score (nSPS) is 9.91. The molecular weight excluding hydrogens is 144 g/mol. The first kappa shape index (κ1) is 10.6. The van der Waals surface area contributed by atoms with Crippen LogP contribution in [0, 0.1) is 0 Å². The predicted molar refractivity (Wildman–Crippen MR) is 43.5 cm³/mol. The maximum atomic E-state index is 8.38. The highest BCUT2D eigenvalue weighted by atomic mass is 16.5. The van der Waals surface area contributed by atoms with Gasteiger partial charge in [0.15, 0.2) is 0 Å². The molecule has 0 fully saturated rings. The molecule has 0 radical (unpaired) electrons. The van der Waals surface area contributed by atoms with Gasteiger partial charge in [-0.05, 0) is 6.42 Å². The molecule has 0 spiro atoms. The first-order chi connectivity index (χ1) is 5.41. The summed E-state index contributed by atoms with van der Waals surface area (Å²) in [4.78, 5) is 0. The molecule has 0 heterocycles.